The summed E-state index contributed by atoms with van der Waals surface area (Å²) in [6, 6.07) is 0. The number of aliphatic hydroxyl groups is 1. The quantitative estimate of drug-likeness (QED) is 0.495. The van der Waals surface area contributed by atoms with E-state index in [1.165, 1.54) is 6.42 Å². The van der Waals surface area contributed by atoms with E-state index in [0.29, 0.717) is 5.92 Å². The Bertz CT molecular complexity index is 75.0. The maximum Gasteiger partial charge on any atom is 0.0667 e. The third-order valence-electron chi connectivity index (χ3n) is 1.87. The summed E-state index contributed by atoms with van der Waals surface area (Å²) in [7, 11) is 0. The SMILES string of the molecule is C[C@H]1CCNCC(O)C1. The molecule has 0 saturated carbocycles. The summed E-state index contributed by atoms with van der Waals surface area (Å²) in [5.41, 5.74) is 0. The largest absolute Gasteiger partial charge is 0.392 e. The highest BCUT2D eigenvalue weighted by molar-refractivity contribution is 4.69. The van der Waals surface area contributed by atoms with E-state index in [9.17, 15) is 5.11 Å². The molecule has 1 fully saturated rings. The van der Waals surface area contributed by atoms with Gasteiger partial charge in [-0.05, 0) is 25.3 Å². The van der Waals surface area contributed by atoms with Crippen LogP contribution in [0.5, 0.6) is 0 Å². The van der Waals surface area contributed by atoms with Gasteiger partial charge >= 0.3 is 0 Å². The molecule has 1 rings (SSSR count). The minimum absolute atomic E-state index is 0.109. The van der Waals surface area contributed by atoms with Gasteiger partial charge in [0.25, 0.3) is 0 Å². The molecule has 9 heavy (non-hydrogen) atoms. The molecule has 1 saturated heterocycles. The molecule has 0 bridgehead atoms. The summed E-state index contributed by atoms with van der Waals surface area (Å²) < 4.78 is 0. The maximum absolute atomic E-state index is 9.20. The molecule has 0 aromatic carbocycles. The monoisotopic (exact) mass is 129 g/mol. The molecule has 1 aliphatic heterocycles. The Morgan fingerprint density at radius 2 is 2.33 bits per heavy atom. The molecule has 0 aromatic heterocycles. The Morgan fingerprint density at radius 1 is 1.56 bits per heavy atom. The highest BCUT2D eigenvalue weighted by Crippen LogP contribution is 2.11. The fourth-order valence-electron chi connectivity index (χ4n) is 1.28. The minimum Gasteiger partial charge on any atom is -0.392 e. The minimum atomic E-state index is -0.109. The Labute approximate surface area is 56.3 Å². The normalized spacial score (nSPS) is 38.0. The van der Waals surface area contributed by atoms with Crippen molar-refractivity contribution in [3.8, 4) is 0 Å². The van der Waals surface area contributed by atoms with Crippen LogP contribution in [0.15, 0.2) is 0 Å². The lowest BCUT2D eigenvalue weighted by molar-refractivity contribution is 0.155. The average Bonchev–Trinajstić information content (AvgIpc) is 1.93. The molecular formula is C7H15NO. The highest BCUT2D eigenvalue weighted by Gasteiger charge is 2.13. The first-order chi connectivity index (χ1) is 4.29. The van der Waals surface area contributed by atoms with Crippen LogP contribution in [-0.4, -0.2) is 24.3 Å². The van der Waals surface area contributed by atoms with E-state index in [4.69, 9.17) is 0 Å². The van der Waals surface area contributed by atoms with Gasteiger partial charge in [0.1, 0.15) is 0 Å². The molecule has 2 heteroatoms. The van der Waals surface area contributed by atoms with E-state index >= 15 is 0 Å². The van der Waals surface area contributed by atoms with Crippen molar-refractivity contribution in [1.82, 2.24) is 5.32 Å². The number of β-amino-alcohol motifs (C(OH)–C–C–N with tert-alkyl or cyclic N) is 1. The number of nitrogens with one attached hydrogen (secondary N) is 1. The fourth-order valence-corrected chi connectivity index (χ4v) is 1.28. The summed E-state index contributed by atoms with van der Waals surface area (Å²) in [6.07, 6.45) is 2.06. The van der Waals surface area contributed by atoms with Gasteiger partial charge in [-0.15, -0.1) is 0 Å². The third kappa shape index (κ3) is 2.33. The van der Waals surface area contributed by atoms with Crippen molar-refractivity contribution in [2.45, 2.75) is 25.9 Å². The molecule has 2 atom stereocenters. The van der Waals surface area contributed by atoms with Gasteiger partial charge in [-0.2, -0.15) is 0 Å². The highest BCUT2D eigenvalue weighted by atomic mass is 16.3. The van der Waals surface area contributed by atoms with Crippen molar-refractivity contribution in [3.63, 3.8) is 0 Å². The second kappa shape index (κ2) is 3.18. The van der Waals surface area contributed by atoms with Crippen molar-refractivity contribution in [1.29, 1.82) is 0 Å². The Hall–Kier alpha value is -0.0800. The Morgan fingerprint density at radius 3 is 3.11 bits per heavy atom. The van der Waals surface area contributed by atoms with Gasteiger partial charge in [0, 0.05) is 6.54 Å². The summed E-state index contributed by atoms with van der Waals surface area (Å²) in [5.74, 6) is 0.690. The average molecular weight is 129 g/mol. The van der Waals surface area contributed by atoms with Crippen LogP contribution in [0.25, 0.3) is 0 Å². The van der Waals surface area contributed by atoms with E-state index in [1.807, 2.05) is 0 Å². The zero-order valence-corrected chi connectivity index (χ0v) is 5.93. The van der Waals surface area contributed by atoms with Gasteiger partial charge in [-0.1, -0.05) is 6.92 Å². The number of aliphatic hydroxyl groups excluding tert-OH is 1. The lowest BCUT2D eigenvalue weighted by Crippen LogP contribution is -2.23. The van der Waals surface area contributed by atoms with Crippen LogP contribution < -0.4 is 5.32 Å². The van der Waals surface area contributed by atoms with Crippen LogP contribution in [0.1, 0.15) is 19.8 Å². The lowest BCUT2D eigenvalue weighted by Gasteiger charge is -2.08. The number of rotatable bonds is 0. The zero-order valence-electron chi connectivity index (χ0n) is 5.93. The van der Waals surface area contributed by atoms with Crippen molar-refractivity contribution >= 4 is 0 Å². The smallest absolute Gasteiger partial charge is 0.0667 e. The Kier molecular flexibility index (Phi) is 2.49. The van der Waals surface area contributed by atoms with E-state index in [1.54, 1.807) is 0 Å². The van der Waals surface area contributed by atoms with Gasteiger partial charge in [-0.3, -0.25) is 0 Å². The fraction of sp³-hybridized carbons (Fsp3) is 1.00. The maximum atomic E-state index is 9.20. The molecule has 1 aliphatic rings. The second-order valence-electron chi connectivity index (χ2n) is 2.99. The van der Waals surface area contributed by atoms with E-state index in [2.05, 4.69) is 12.2 Å². The first-order valence-electron chi connectivity index (χ1n) is 3.68. The second-order valence-corrected chi connectivity index (χ2v) is 2.99. The number of hydrogen-bond donors (Lipinski definition) is 2. The van der Waals surface area contributed by atoms with Gasteiger partial charge in [0.15, 0.2) is 0 Å². The molecule has 0 aliphatic carbocycles. The van der Waals surface area contributed by atoms with Crippen LogP contribution in [0.3, 0.4) is 0 Å². The molecular weight excluding hydrogens is 114 g/mol. The molecule has 0 amide bonds. The van der Waals surface area contributed by atoms with Gasteiger partial charge < -0.3 is 10.4 Å². The molecule has 2 nitrogen and oxygen atoms in total. The van der Waals surface area contributed by atoms with E-state index < -0.39 is 0 Å². The van der Waals surface area contributed by atoms with Crippen LogP contribution in [0.4, 0.5) is 0 Å². The zero-order chi connectivity index (χ0) is 6.69. The van der Waals surface area contributed by atoms with Crippen molar-refractivity contribution in [3.05, 3.63) is 0 Å². The molecule has 0 aromatic rings. The summed E-state index contributed by atoms with van der Waals surface area (Å²) in [5, 5.41) is 12.4. The van der Waals surface area contributed by atoms with Crippen molar-refractivity contribution < 1.29 is 5.11 Å². The first kappa shape index (κ1) is 7.03. The summed E-state index contributed by atoms with van der Waals surface area (Å²) in [4.78, 5) is 0. The van der Waals surface area contributed by atoms with Crippen molar-refractivity contribution in [2.24, 2.45) is 5.92 Å². The standard InChI is InChI=1S/C7H15NO/c1-6-2-3-8-5-7(9)4-6/h6-9H,2-5H2,1H3/t6-,7?/m0/s1. The third-order valence-corrected chi connectivity index (χ3v) is 1.87. The predicted octanol–water partition coefficient (Wildman–Crippen LogP) is 0.367. The topological polar surface area (TPSA) is 32.3 Å². The molecule has 54 valence electrons. The summed E-state index contributed by atoms with van der Waals surface area (Å²) in [6.45, 7) is 4.04. The van der Waals surface area contributed by atoms with Crippen LogP contribution >= 0.6 is 0 Å². The Balaban J connectivity index is 2.29. The molecule has 2 N–H and O–H groups in total. The molecule has 1 heterocycles. The van der Waals surface area contributed by atoms with Crippen molar-refractivity contribution in [2.75, 3.05) is 13.1 Å². The molecule has 1 unspecified atom stereocenters. The predicted molar refractivity (Wildman–Crippen MR) is 37.3 cm³/mol. The van der Waals surface area contributed by atoms with Crippen LogP contribution in [0.2, 0.25) is 0 Å². The van der Waals surface area contributed by atoms with Crippen LogP contribution in [0, 0.1) is 5.92 Å². The van der Waals surface area contributed by atoms with Gasteiger partial charge in [0.05, 0.1) is 6.10 Å². The summed E-state index contributed by atoms with van der Waals surface area (Å²) >= 11 is 0. The van der Waals surface area contributed by atoms with Crippen LogP contribution in [-0.2, 0) is 0 Å². The van der Waals surface area contributed by atoms with E-state index in [0.717, 1.165) is 19.5 Å². The molecule has 0 spiro atoms. The van der Waals surface area contributed by atoms with Gasteiger partial charge in [-0.25, -0.2) is 0 Å². The lowest BCUT2D eigenvalue weighted by atomic mass is 10.0. The first-order valence-corrected chi connectivity index (χ1v) is 3.68. The van der Waals surface area contributed by atoms with E-state index in [-0.39, 0.29) is 6.10 Å². The molecule has 0 radical (unpaired) electrons. The number of hydrogen-bond acceptors (Lipinski definition) is 2. The van der Waals surface area contributed by atoms with Gasteiger partial charge in [0.2, 0.25) is 0 Å².